The minimum Gasteiger partial charge on any atom is -0.335 e. The maximum Gasteiger partial charge on any atom is 0.0894 e. The molecule has 0 spiro atoms. The van der Waals surface area contributed by atoms with Crippen LogP contribution in [-0.2, 0) is 6.54 Å². The van der Waals surface area contributed by atoms with Crippen LogP contribution in [0.2, 0.25) is 0 Å². The molecule has 4 nitrogen and oxygen atoms in total. The van der Waals surface area contributed by atoms with E-state index in [4.69, 9.17) is 9.97 Å². The van der Waals surface area contributed by atoms with Gasteiger partial charge in [-0.15, -0.1) is 0 Å². The third-order valence-corrected chi connectivity index (χ3v) is 27.1. The lowest BCUT2D eigenvalue weighted by molar-refractivity contribution is 0.871. The summed E-state index contributed by atoms with van der Waals surface area (Å²) in [5.41, 5.74) is 10.1. The number of benzene rings is 20. The molecule has 0 fully saturated rings. The van der Waals surface area contributed by atoms with Gasteiger partial charge in [0, 0.05) is 331 Å². The van der Waals surface area contributed by atoms with Crippen molar-refractivity contribution in [2.24, 2.45) is 0 Å². The molecular weight excluding hydrogens is 1040 g/mol. The summed E-state index contributed by atoms with van der Waals surface area (Å²) in [7, 11) is 0. The summed E-state index contributed by atoms with van der Waals surface area (Å²) >= 11 is 0. The summed E-state index contributed by atoms with van der Waals surface area (Å²) in [5.74, 6) is 0. The molecule has 35 rings (SSSR count). The van der Waals surface area contributed by atoms with Crippen LogP contribution >= 0.6 is 0 Å². The van der Waals surface area contributed by atoms with E-state index in [1.54, 1.807) is 312 Å². The van der Waals surface area contributed by atoms with Crippen LogP contribution < -0.4 is 0 Å². The molecule has 86 heavy (non-hydrogen) atoms. The Labute approximate surface area is 471 Å². The molecule has 0 saturated heterocycles. The molecule has 0 N–H and O–H groups in total. The van der Waals surface area contributed by atoms with E-state index in [1.807, 2.05) is 36.7 Å². The van der Waals surface area contributed by atoms with E-state index in [9.17, 15) is 0 Å². The summed E-state index contributed by atoms with van der Waals surface area (Å²) in [4.78, 5) is 14.6. The van der Waals surface area contributed by atoms with Gasteiger partial charge in [0.1, 0.15) is 0 Å². The second kappa shape index (κ2) is 8.77. The Morgan fingerprint density at radius 3 is 0.779 bits per heavy atom. The predicted octanol–water partition coefficient (Wildman–Crippen LogP) is 22.3. The van der Waals surface area contributed by atoms with E-state index >= 15 is 0 Å². The number of pyridine rings is 4. The van der Waals surface area contributed by atoms with Gasteiger partial charge < -0.3 is 4.57 Å². The first-order valence-electron chi connectivity index (χ1n) is 31.1. The first-order valence-corrected chi connectivity index (χ1v) is 31.1. The zero-order chi connectivity index (χ0) is 52.0. The van der Waals surface area contributed by atoms with Gasteiger partial charge in [0.25, 0.3) is 0 Å². The summed E-state index contributed by atoms with van der Waals surface area (Å²) in [6.07, 6.45) is 3.78. The molecule has 35 aromatic rings. The molecule has 0 bridgehead atoms. The van der Waals surface area contributed by atoms with Crippen molar-refractivity contribution in [2.45, 2.75) is 6.54 Å². The van der Waals surface area contributed by atoms with Gasteiger partial charge in [0.15, 0.2) is 0 Å². The van der Waals surface area contributed by atoms with Crippen LogP contribution in [0.3, 0.4) is 0 Å². The lowest BCUT2D eigenvalue weighted by Crippen LogP contribution is -2.06. The SMILES string of the molecule is c1ccc(-c2cccc(-c3cc(-c4ccc(Cn5c6c7c8c9c%10c%11c%12c%13c%14c%15c%16c%13c%13c%11c%11c%17c%13c%13c%16c%16c%18c%15c%15c%19c%14c%14c%12c%10c%10c%12c%14c%19c%14c%19c%15c%18c%15c%18c%16c%13c%13c%17c(c7c%119)c7c%13c%18c9c%15c%19c%11c%14c%12c(c%108)c6c%11c9c75)cc4)ccn3)n2)nc1. The molecule has 4 aromatic heterocycles. The van der Waals surface area contributed by atoms with E-state index < -0.39 is 0 Å². The van der Waals surface area contributed by atoms with Gasteiger partial charge in [0.05, 0.1) is 33.8 Å². The highest BCUT2D eigenvalue weighted by Crippen LogP contribution is 2.80. The zero-order valence-corrected chi connectivity index (χ0v) is 44.1. The highest BCUT2D eigenvalue weighted by molar-refractivity contribution is 6.84. The number of rotatable bonds is 5. The Morgan fingerprint density at radius 2 is 0.477 bits per heavy atom. The van der Waals surface area contributed by atoms with Crippen LogP contribution in [0.5, 0.6) is 0 Å². The second-order valence-electron chi connectivity index (χ2n) is 28.8. The summed E-state index contributed by atoms with van der Waals surface area (Å²) in [6, 6.07) is 26.2. The highest BCUT2D eigenvalue weighted by Gasteiger charge is 2.51. The fourth-order valence-electron chi connectivity index (χ4n) is 25.7. The van der Waals surface area contributed by atoms with E-state index in [-0.39, 0.29) is 0 Å². The molecule has 4 heterocycles. The van der Waals surface area contributed by atoms with Crippen molar-refractivity contribution in [3.8, 4) is 33.9 Å². The molecular formula is C82H16N4. The van der Waals surface area contributed by atoms with Crippen molar-refractivity contribution in [3.63, 3.8) is 0 Å². The molecule has 0 amide bonds. The lowest BCUT2D eigenvalue weighted by Gasteiger charge is -2.25. The Bertz CT molecular complexity index is 8380. The Balaban J connectivity index is 0.832. The van der Waals surface area contributed by atoms with Crippen LogP contribution in [0.15, 0.2) is 85.2 Å². The van der Waals surface area contributed by atoms with Crippen molar-refractivity contribution in [3.05, 3.63) is 90.8 Å². The number of hydrogen-bond donors (Lipinski definition) is 0. The van der Waals surface area contributed by atoms with Gasteiger partial charge in [-0.3, -0.25) is 9.97 Å². The van der Waals surface area contributed by atoms with Gasteiger partial charge in [0.2, 0.25) is 0 Å². The molecule has 0 aliphatic rings. The van der Waals surface area contributed by atoms with Crippen molar-refractivity contribution in [1.29, 1.82) is 0 Å². The van der Waals surface area contributed by atoms with Crippen LogP contribution in [-0.4, -0.2) is 19.5 Å². The van der Waals surface area contributed by atoms with E-state index in [0.717, 1.165) is 34.9 Å². The third-order valence-electron chi connectivity index (χ3n) is 27.1. The predicted molar refractivity (Wildman–Crippen MR) is 363 cm³/mol. The molecule has 0 saturated carbocycles. The Hall–Kier alpha value is -11.3. The minimum atomic E-state index is 0.788. The van der Waals surface area contributed by atoms with Crippen LogP contribution in [0, 0.1) is 0 Å². The molecule has 0 radical (unpaired) electrons. The van der Waals surface area contributed by atoms with E-state index in [2.05, 4.69) is 58.1 Å². The molecule has 4 heteroatoms. The Kier molecular flexibility index (Phi) is 3.50. The quantitative estimate of drug-likeness (QED) is 0.127. The molecule has 0 aliphatic carbocycles. The number of fused-ring (bicyclic) bond motifs is 5. The first kappa shape index (κ1) is 34.3. The van der Waals surface area contributed by atoms with E-state index in [1.165, 1.54) is 22.2 Å². The van der Waals surface area contributed by atoms with Gasteiger partial charge in [-0.05, 0) is 53.1 Å². The zero-order valence-electron chi connectivity index (χ0n) is 44.1. The third kappa shape index (κ3) is 2.26. The highest BCUT2D eigenvalue weighted by atomic mass is 15.0. The molecule has 364 valence electrons. The lowest BCUT2D eigenvalue weighted by atomic mass is 9.84. The van der Waals surface area contributed by atoms with E-state index in [0.29, 0.717) is 0 Å². The van der Waals surface area contributed by atoms with Crippen molar-refractivity contribution < 1.29 is 0 Å². The summed E-state index contributed by atoms with van der Waals surface area (Å²) in [6.45, 7) is 0.788. The van der Waals surface area contributed by atoms with Gasteiger partial charge in [-0.1, -0.05) is 36.4 Å². The minimum absolute atomic E-state index is 0.788. The van der Waals surface area contributed by atoms with Crippen molar-refractivity contribution >= 4 is 323 Å². The average Bonchev–Trinajstić information content (AvgIpc) is 1.40. The fraction of sp³-hybridized carbons (Fsp3) is 0.0122. The van der Waals surface area contributed by atoms with Crippen LogP contribution in [0.4, 0.5) is 0 Å². The summed E-state index contributed by atoms with van der Waals surface area (Å²) < 4.78 is 2.99. The topological polar surface area (TPSA) is 43.6 Å². The number of hydrogen-bond acceptors (Lipinski definition) is 3. The standard InChI is InChI=1S/C82H16N4/c1-2-12-83-19(4-1)20-5-3-6-21(85-20)22-14-18(11-13-84-22)17-9-7-16(8-10-17)15-86-81-77-70-63-51-43-34-25-23-24-26-29(25)38-45(43)53-54-46(38)44-35(26)37-33-28(24)31-30-27(23)32-36(34)49(51)57-55-41(32)39(30)47-48-40(31)42(33)56-58-50(37)52(44)64-66(54)75(74(77)65(53)63)78-71(64)69(58)73-62(56)60(48)67-59(47)61(55)72(68(57)70)79(81)76(67)80(73)82(78)86/h1-14H,15H2. The van der Waals surface area contributed by atoms with Crippen LogP contribution in [0.25, 0.3) is 357 Å². The maximum atomic E-state index is 5.07. The maximum absolute atomic E-state index is 5.07. The average molecular weight is 1060 g/mol. The Morgan fingerprint density at radius 1 is 0.209 bits per heavy atom. The second-order valence-corrected chi connectivity index (χ2v) is 28.8. The molecule has 0 unspecified atom stereocenters. The number of aromatic nitrogens is 4. The molecule has 0 aliphatic heterocycles. The van der Waals surface area contributed by atoms with Gasteiger partial charge in [-0.2, -0.15) is 0 Å². The number of nitrogens with zero attached hydrogens (tertiary/aromatic N) is 4. The van der Waals surface area contributed by atoms with Crippen molar-refractivity contribution in [2.75, 3.05) is 0 Å². The van der Waals surface area contributed by atoms with Gasteiger partial charge >= 0.3 is 0 Å². The summed E-state index contributed by atoms with van der Waals surface area (Å²) in [5, 5.41) is 93.8. The first-order chi connectivity index (χ1) is 42.9. The molecule has 31 aromatic carbocycles. The normalized spacial score (nSPS) is 16.0. The smallest absolute Gasteiger partial charge is 0.0894 e. The van der Waals surface area contributed by atoms with Crippen LogP contribution in [0.1, 0.15) is 5.56 Å². The monoisotopic (exact) mass is 1060 g/mol. The molecule has 0 atom stereocenters. The van der Waals surface area contributed by atoms with Gasteiger partial charge in [-0.25, -0.2) is 4.98 Å². The largest absolute Gasteiger partial charge is 0.335 e. The fourth-order valence-corrected chi connectivity index (χ4v) is 25.7. The van der Waals surface area contributed by atoms with Crippen molar-refractivity contribution in [1.82, 2.24) is 19.5 Å².